The lowest BCUT2D eigenvalue weighted by molar-refractivity contribution is -0.128. The number of morpholine rings is 1. The minimum atomic E-state index is -3.83. The van der Waals surface area contributed by atoms with E-state index >= 15 is 4.39 Å². The first-order valence-corrected chi connectivity index (χ1v) is 13.3. The molecular weight excluding hydrogens is 491 g/mol. The molecule has 1 aliphatic rings. The van der Waals surface area contributed by atoms with Gasteiger partial charge < -0.3 is 4.74 Å². The second-order valence-electron chi connectivity index (χ2n) is 8.76. The number of ether oxygens (including phenoxy) is 1. The van der Waals surface area contributed by atoms with Gasteiger partial charge in [0.25, 0.3) is 11.5 Å². The number of carbonyl (C=O) groups is 1. The Morgan fingerprint density at radius 1 is 1.22 bits per heavy atom. The Morgan fingerprint density at radius 3 is 2.56 bits per heavy atom. The van der Waals surface area contributed by atoms with Crippen LogP contribution in [-0.2, 0) is 32.5 Å². The van der Waals surface area contributed by atoms with Crippen LogP contribution in [0.15, 0.2) is 47.5 Å². The lowest BCUT2D eigenvalue weighted by Gasteiger charge is -2.26. The van der Waals surface area contributed by atoms with Gasteiger partial charge >= 0.3 is 0 Å². The van der Waals surface area contributed by atoms with Gasteiger partial charge in [-0.25, -0.2) is 23.3 Å². The summed E-state index contributed by atoms with van der Waals surface area (Å²) in [5, 5.41) is 7.29. The first kappa shape index (κ1) is 25.9. The van der Waals surface area contributed by atoms with Gasteiger partial charge in [0, 0.05) is 38.0 Å². The van der Waals surface area contributed by atoms with Crippen LogP contribution in [0.2, 0.25) is 0 Å². The number of amides is 1. The van der Waals surface area contributed by atoms with E-state index < -0.39 is 32.4 Å². The minimum absolute atomic E-state index is 0.0326. The Labute approximate surface area is 207 Å². The normalized spacial score (nSPS) is 15.6. The van der Waals surface area contributed by atoms with Crippen molar-refractivity contribution >= 4 is 26.6 Å². The van der Waals surface area contributed by atoms with Gasteiger partial charge in [-0.05, 0) is 29.7 Å². The van der Waals surface area contributed by atoms with Crippen LogP contribution in [-0.4, -0.2) is 71.8 Å². The number of carbonyl (C=O) groups excluding carboxylic acids is 1. The van der Waals surface area contributed by atoms with E-state index in [4.69, 9.17) is 9.94 Å². The quantitative estimate of drug-likeness (QED) is 0.338. The van der Waals surface area contributed by atoms with E-state index in [1.165, 1.54) is 17.9 Å². The second-order valence-corrected chi connectivity index (χ2v) is 11.0. The third-order valence-electron chi connectivity index (χ3n) is 6.24. The molecule has 0 bridgehead atoms. The van der Waals surface area contributed by atoms with Crippen molar-refractivity contribution in [2.45, 2.75) is 24.8 Å². The highest BCUT2D eigenvalue weighted by molar-refractivity contribution is 7.92. The Balaban J connectivity index is 1.56. The summed E-state index contributed by atoms with van der Waals surface area (Å²) in [6.45, 7) is 3.78. The SMILES string of the molecule is CS(=O)(=O)C(CCn1cnc2cc(-c3ccc(CN4CCOCC4)cc3)c(F)cc2c1=O)C(=O)NO. The van der Waals surface area contributed by atoms with E-state index in [1.54, 1.807) is 0 Å². The summed E-state index contributed by atoms with van der Waals surface area (Å²) in [5.41, 5.74) is 3.11. The summed E-state index contributed by atoms with van der Waals surface area (Å²) in [5.74, 6) is -1.68. The maximum absolute atomic E-state index is 15.1. The molecule has 1 fully saturated rings. The molecule has 192 valence electrons. The summed E-state index contributed by atoms with van der Waals surface area (Å²) in [6, 6.07) is 10.2. The Bertz CT molecular complexity index is 1420. The van der Waals surface area contributed by atoms with E-state index in [-0.39, 0.29) is 23.9 Å². The zero-order chi connectivity index (χ0) is 25.9. The smallest absolute Gasteiger partial charge is 0.261 e. The van der Waals surface area contributed by atoms with Gasteiger partial charge in [-0.15, -0.1) is 0 Å². The molecule has 36 heavy (non-hydrogen) atoms. The van der Waals surface area contributed by atoms with Crippen molar-refractivity contribution in [1.29, 1.82) is 0 Å². The van der Waals surface area contributed by atoms with Crippen LogP contribution in [0.5, 0.6) is 0 Å². The predicted molar refractivity (Wildman–Crippen MR) is 131 cm³/mol. The molecule has 1 atom stereocenters. The molecule has 1 aromatic heterocycles. The summed E-state index contributed by atoms with van der Waals surface area (Å²) in [7, 11) is -3.83. The maximum Gasteiger partial charge on any atom is 0.261 e. The van der Waals surface area contributed by atoms with Crippen LogP contribution in [0.4, 0.5) is 4.39 Å². The zero-order valence-electron chi connectivity index (χ0n) is 19.7. The molecule has 0 spiro atoms. The Hall–Kier alpha value is -3.19. The van der Waals surface area contributed by atoms with Gasteiger partial charge in [0.05, 0.1) is 30.4 Å². The molecule has 10 nitrogen and oxygen atoms in total. The third-order valence-corrected chi connectivity index (χ3v) is 7.72. The fourth-order valence-corrected chi connectivity index (χ4v) is 5.21. The fraction of sp³-hybridized carbons (Fsp3) is 0.375. The van der Waals surface area contributed by atoms with Crippen LogP contribution in [0, 0.1) is 5.82 Å². The highest BCUT2D eigenvalue weighted by Crippen LogP contribution is 2.26. The van der Waals surface area contributed by atoms with Crippen molar-refractivity contribution in [2.24, 2.45) is 0 Å². The molecule has 2 heterocycles. The topological polar surface area (TPSA) is 131 Å². The van der Waals surface area contributed by atoms with E-state index in [1.807, 2.05) is 24.3 Å². The van der Waals surface area contributed by atoms with Crippen molar-refractivity contribution in [3.05, 3.63) is 64.5 Å². The maximum atomic E-state index is 15.1. The molecule has 2 aromatic carbocycles. The molecule has 1 aliphatic heterocycles. The molecular formula is C24H27FN4O6S. The van der Waals surface area contributed by atoms with Crippen LogP contribution in [0.25, 0.3) is 22.0 Å². The number of nitrogens with one attached hydrogen (secondary N) is 1. The molecule has 2 N–H and O–H groups in total. The first-order chi connectivity index (χ1) is 17.2. The molecule has 3 aromatic rings. The average Bonchev–Trinajstić information content (AvgIpc) is 2.86. The third kappa shape index (κ3) is 5.78. The van der Waals surface area contributed by atoms with E-state index in [0.29, 0.717) is 24.3 Å². The van der Waals surface area contributed by atoms with Crippen molar-refractivity contribution in [2.75, 3.05) is 32.6 Å². The van der Waals surface area contributed by atoms with Gasteiger partial charge in [0.2, 0.25) is 0 Å². The predicted octanol–water partition coefficient (Wildman–Crippen LogP) is 1.34. The number of halogens is 1. The van der Waals surface area contributed by atoms with Crippen LogP contribution in [0.1, 0.15) is 12.0 Å². The van der Waals surface area contributed by atoms with Crippen LogP contribution in [0.3, 0.4) is 0 Å². The second kappa shape index (κ2) is 10.8. The number of benzene rings is 2. The van der Waals surface area contributed by atoms with E-state index in [0.717, 1.165) is 42.1 Å². The van der Waals surface area contributed by atoms with Gasteiger partial charge in [0.1, 0.15) is 11.1 Å². The van der Waals surface area contributed by atoms with Gasteiger partial charge in [-0.1, -0.05) is 24.3 Å². The monoisotopic (exact) mass is 518 g/mol. The first-order valence-electron chi connectivity index (χ1n) is 11.4. The molecule has 1 unspecified atom stereocenters. The number of hydrogen-bond acceptors (Lipinski definition) is 8. The fourth-order valence-electron chi connectivity index (χ4n) is 4.23. The summed E-state index contributed by atoms with van der Waals surface area (Å²) in [4.78, 5) is 31.2. The number of hydroxylamine groups is 1. The standard InChI is InChI=1S/C24H27FN4O6S/c1-36(33,34)22(23(30)27-32)6-7-29-15-26-21-13-18(20(25)12-19(21)24(29)31)17-4-2-16(3-5-17)14-28-8-10-35-11-9-28/h2-5,12-13,15,22,32H,6-11,14H2,1H3,(H,27,30). The Morgan fingerprint density at radius 2 is 1.92 bits per heavy atom. The number of fused-ring (bicyclic) bond motifs is 1. The van der Waals surface area contributed by atoms with E-state index in [9.17, 15) is 18.0 Å². The average molecular weight is 519 g/mol. The number of rotatable bonds is 8. The van der Waals surface area contributed by atoms with Crippen LogP contribution < -0.4 is 11.0 Å². The van der Waals surface area contributed by atoms with Gasteiger partial charge in [-0.3, -0.25) is 24.3 Å². The van der Waals surface area contributed by atoms with Crippen molar-refractivity contribution < 1.29 is 27.5 Å². The summed E-state index contributed by atoms with van der Waals surface area (Å²) < 4.78 is 45.2. The number of aryl methyl sites for hydroxylation is 1. The number of nitrogens with zero attached hydrogens (tertiary/aromatic N) is 3. The van der Waals surface area contributed by atoms with Crippen molar-refractivity contribution in [3.8, 4) is 11.1 Å². The number of aromatic nitrogens is 2. The number of sulfone groups is 1. The van der Waals surface area contributed by atoms with Gasteiger partial charge in [-0.2, -0.15) is 0 Å². The molecule has 1 amide bonds. The highest BCUT2D eigenvalue weighted by atomic mass is 32.2. The molecule has 0 aliphatic carbocycles. The Kier molecular flexibility index (Phi) is 7.79. The molecule has 1 saturated heterocycles. The molecule has 0 radical (unpaired) electrons. The van der Waals surface area contributed by atoms with Crippen LogP contribution >= 0.6 is 0 Å². The van der Waals surface area contributed by atoms with Gasteiger partial charge in [0.15, 0.2) is 9.84 Å². The lowest BCUT2D eigenvalue weighted by atomic mass is 10.0. The minimum Gasteiger partial charge on any atom is -0.379 e. The number of hydrogen-bond donors (Lipinski definition) is 2. The molecule has 12 heteroatoms. The molecule has 4 rings (SSSR count). The summed E-state index contributed by atoms with van der Waals surface area (Å²) in [6.07, 6.45) is 1.82. The highest BCUT2D eigenvalue weighted by Gasteiger charge is 2.28. The van der Waals surface area contributed by atoms with Crippen molar-refractivity contribution in [3.63, 3.8) is 0 Å². The summed E-state index contributed by atoms with van der Waals surface area (Å²) >= 11 is 0. The lowest BCUT2D eigenvalue weighted by Crippen LogP contribution is -2.39. The van der Waals surface area contributed by atoms with E-state index in [2.05, 4.69) is 9.88 Å². The molecule has 0 saturated carbocycles. The van der Waals surface area contributed by atoms with Crippen molar-refractivity contribution in [1.82, 2.24) is 19.9 Å². The zero-order valence-corrected chi connectivity index (χ0v) is 20.5. The largest absolute Gasteiger partial charge is 0.379 e.